The largest absolute Gasteiger partial charge is 0.358 e. The Morgan fingerprint density at radius 3 is 2.47 bits per heavy atom. The molecular formula is C13H21N5O. The predicted octanol–water partition coefficient (Wildman–Crippen LogP) is 0.352. The zero-order chi connectivity index (χ0) is 14.0. The minimum Gasteiger partial charge on any atom is -0.358 e. The molecule has 0 aromatic carbocycles. The van der Waals surface area contributed by atoms with Crippen molar-refractivity contribution < 1.29 is 4.79 Å². The van der Waals surface area contributed by atoms with Crippen molar-refractivity contribution in [1.29, 1.82) is 0 Å². The van der Waals surface area contributed by atoms with Crippen molar-refractivity contribution in [3.8, 4) is 0 Å². The number of nitrogens with two attached hydrogens (primary N) is 1. The lowest BCUT2D eigenvalue weighted by atomic mass is 9.81. The van der Waals surface area contributed by atoms with Gasteiger partial charge < -0.3 is 15.5 Å². The van der Waals surface area contributed by atoms with E-state index in [4.69, 9.17) is 5.73 Å². The number of rotatable bonds is 4. The molecule has 0 spiro atoms. The van der Waals surface area contributed by atoms with Crippen molar-refractivity contribution >= 4 is 11.7 Å². The Morgan fingerprint density at radius 2 is 2.00 bits per heavy atom. The van der Waals surface area contributed by atoms with Crippen LogP contribution in [0.3, 0.4) is 0 Å². The summed E-state index contributed by atoms with van der Waals surface area (Å²) in [6.07, 6.45) is 2.16. The van der Waals surface area contributed by atoms with E-state index in [0.29, 0.717) is 17.7 Å². The van der Waals surface area contributed by atoms with Crippen molar-refractivity contribution in [3.63, 3.8) is 0 Å². The lowest BCUT2D eigenvalue weighted by Gasteiger charge is -2.35. The minimum atomic E-state index is -0.133. The van der Waals surface area contributed by atoms with Gasteiger partial charge in [-0.05, 0) is 30.9 Å². The molecule has 0 bridgehead atoms. The highest BCUT2D eigenvalue weighted by Gasteiger charge is 2.27. The number of carbonyl (C=O) groups is 1. The van der Waals surface area contributed by atoms with Crippen LogP contribution >= 0.6 is 0 Å². The minimum absolute atomic E-state index is 0.133. The van der Waals surface area contributed by atoms with Gasteiger partial charge in [-0.15, -0.1) is 10.2 Å². The second-order valence-electron chi connectivity index (χ2n) is 5.45. The van der Waals surface area contributed by atoms with Crippen molar-refractivity contribution in [2.24, 2.45) is 11.7 Å². The molecule has 6 nitrogen and oxygen atoms in total. The number of carbonyl (C=O) groups excluding carboxylic acids is 1. The molecule has 1 amide bonds. The molecule has 6 heteroatoms. The molecule has 1 aliphatic carbocycles. The molecule has 104 valence electrons. The molecule has 2 N–H and O–H groups in total. The molecule has 2 rings (SSSR count). The van der Waals surface area contributed by atoms with Crippen molar-refractivity contribution in [3.05, 3.63) is 17.8 Å². The number of hydrogen-bond acceptors (Lipinski definition) is 5. The molecule has 0 unspecified atom stereocenters. The van der Waals surface area contributed by atoms with Gasteiger partial charge in [0, 0.05) is 33.7 Å². The summed E-state index contributed by atoms with van der Waals surface area (Å²) >= 11 is 0. The maximum Gasteiger partial charge on any atom is 0.273 e. The number of anilines is 1. The van der Waals surface area contributed by atoms with Crippen LogP contribution in [0.5, 0.6) is 0 Å². The van der Waals surface area contributed by atoms with Gasteiger partial charge in [0.1, 0.15) is 0 Å². The second-order valence-corrected chi connectivity index (χ2v) is 5.45. The summed E-state index contributed by atoms with van der Waals surface area (Å²) in [5, 5.41) is 8.09. The van der Waals surface area contributed by atoms with Gasteiger partial charge in [0.2, 0.25) is 0 Å². The van der Waals surface area contributed by atoms with Crippen LogP contribution in [0, 0.1) is 5.92 Å². The van der Waals surface area contributed by atoms with E-state index in [1.54, 1.807) is 20.2 Å². The Hall–Kier alpha value is -1.69. The van der Waals surface area contributed by atoms with Gasteiger partial charge in [0.25, 0.3) is 5.91 Å². The Morgan fingerprint density at radius 1 is 1.32 bits per heavy atom. The molecule has 1 fully saturated rings. The fourth-order valence-electron chi connectivity index (χ4n) is 2.29. The molecule has 0 radical (unpaired) electrons. The normalized spacial score (nSPS) is 21.7. The highest BCUT2D eigenvalue weighted by Crippen LogP contribution is 2.27. The smallest absolute Gasteiger partial charge is 0.273 e. The van der Waals surface area contributed by atoms with Gasteiger partial charge in [-0.25, -0.2) is 0 Å². The van der Waals surface area contributed by atoms with E-state index < -0.39 is 0 Å². The first-order chi connectivity index (χ1) is 8.97. The summed E-state index contributed by atoms with van der Waals surface area (Å²) in [4.78, 5) is 15.2. The summed E-state index contributed by atoms with van der Waals surface area (Å²) in [5.74, 6) is 1.30. The zero-order valence-corrected chi connectivity index (χ0v) is 11.7. The summed E-state index contributed by atoms with van der Waals surface area (Å²) in [6.45, 7) is 0.934. The first-order valence-corrected chi connectivity index (χ1v) is 6.49. The maximum absolute atomic E-state index is 11.7. The summed E-state index contributed by atoms with van der Waals surface area (Å²) in [6, 6.07) is 3.92. The zero-order valence-electron chi connectivity index (χ0n) is 11.7. The standard InChI is InChI=1S/C13H21N5O/c1-17(2)13(19)11-4-5-12(16-15-11)18(3)8-9-6-10(14)7-9/h4-5,9-10H,6-8,14H2,1-3H3. The highest BCUT2D eigenvalue weighted by molar-refractivity contribution is 5.91. The number of amides is 1. The molecule has 0 atom stereocenters. The van der Waals surface area contributed by atoms with Crippen LogP contribution < -0.4 is 10.6 Å². The molecular weight excluding hydrogens is 242 g/mol. The summed E-state index contributed by atoms with van der Waals surface area (Å²) in [5.41, 5.74) is 6.14. The Balaban J connectivity index is 1.95. The number of aromatic nitrogens is 2. The van der Waals surface area contributed by atoms with Gasteiger partial charge in [-0.3, -0.25) is 4.79 Å². The van der Waals surface area contributed by atoms with Crippen molar-refractivity contribution in [2.75, 3.05) is 32.6 Å². The molecule has 1 aromatic heterocycles. The van der Waals surface area contributed by atoms with E-state index in [1.165, 1.54) is 4.90 Å². The second kappa shape index (κ2) is 5.52. The van der Waals surface area contributed by atoms with Crippen LogP contribution in [-0.2, 0) is 0 Å². The Kier molecular flexibility index (Phi) is 3.99. The van der Waals surface area contributed by atoms with Gasteiger partial charge in [0.15, 0.2) is 11.5 Å². The topological polar surface area (TPSA) is 75.4 Å². The molecule has 19 heavy (non-hydrogen) atoms. The third kappa shape index (κ3) is 3.20. The third-order valence-electron chi connectivity index (χ3n) is 3.47. The lowest BCUT2D eigenvalue weighted by molar-refractivity contribution is 0.0821. The number of hydrogen-bond donors (Lipinski definition) is 1. The first kappa shape index (κ1) is 13.7. The first-order valence-electron chi connectivity index (χ1n) is 6.49. The monoisotopic (exact) mass is 263 g/mol. The molecule has 0 aliphatic heterocycles. The van der Waals surface area contributed by atoms with Crippen LogP contribution in [0.2, 0.25) is 0 Å². The van der Waals surface area contributed by atoms with Gasteiger partial charge in [-0.2, -0.15) is 0 Å². The highest BCUT2D eigenvalue weighted by atomic mass is 16.2. The lowest BCUT2D eigenvalue weighted by Crippen LogP contribution is -2.42. The van der Waals surface area contributed by atoms with E-state index in [9.17, 15) is 4.79 Å². The van der Waals surface area contributed by atoms with E-state index in [1.807, 2.05) is 13.1 Å². The van der Waals surface area contributed by atoms with Crippen LogP contribution in [-0.4, -0.2) is 54.7 Å². The number of nitrogens with zero attached hydrogens (tertiary/aromatic N) is 4. The van der Waals surface area contributed by atoms with Crippen molar-refractivity contribution in [2.45, 2.75) is 18.9 Å². The van der Waals surface area contributed by atoms with E-state index in [-0.39, 0.29) is 5.91 Å². The Bertz CT molecular complexity index is 439. The Labute approximate surface area is 113 Å². The van der Waals surface area contributed by atoms with E-state index in [0.717, 1.165) is 25.2 Å². The van der Waals surface area contributed by atoms with Crippen LogP contribution in [0.4, 0.5) is 5.82 Å². The van der Waals surface area contributed by atoms with E-state index >= 15 is 0 Å². The molecule has 1 aromatic rings. The average molecular weight is 263 g/mol. The molecule has 1 saturated carbocycles. The van der Waals surface area contributed by atoms with Gasteiger partial charge in [0.05, 0.1) is 0 Å². The fraction of sp³-hybridized carbons (Fsp3) is 0.615. The van der Waals surface area contributed by atoms with Gasteiger partial charge in [-0.1, -0.05) is 0 Å². The van der Waals surface area contributed by atoms with E-state index in [2.05, 4.69) is 15.1 Å². The molecule has 0 saturated heterocycles. The predicted molar refractivity (Wildman–Crippen MR) is 74.0 cm³/mol. The maximum atomic E-state index is 11.7. The summed E-state index contributed by atoms with van der Waals surface area (Å²) < 4.78 is 0. The average Bonchev–Trinajstić information content (AvgIpc) is 2.36. The van der Waals surface area contributed by atoms with Crippen LogP contribution in [0.25, 0.3) is 0 Å². The van der Waals surface area contributed by atoms with Crippen LogP contribution in [0.15, 0.2) is 12.1 Å². The SMILES string of the molecule is CN(C)C(=O)c1ccc(N(C)CC2CC(N)C2)nn1. The quantitative estimate of drug-likeness (QED) is 0.848. The molecule has 1 heterocycles. The molecule has 1 aliphatic rings. The van der Waals surface area contributed by atoms with Crippen molar-refractivity contribution in [1.82, 2.24) is 15.1 Å². The third-order valence-corrected chi connectivity index (χ3v) is 3.47. The van der Waals surface area contributed by atoms with Gasteiger partial charge >= 0.3 is 0 Å². The summed E-state index contributed by atoms with van der Waals surface area (Å²) in [7, 11) is 5.38. The van der Waals surface area contributed by atoms with Crippen LogP contribution in [0.1, 0.15) is 23.3 Å². The fourth-order valence-corrected chi connectivity index (χ4v) is 2.29.